The third-order valence-corrected chi connectivity index (χ3v) is 1.85. The van der Waals surface area contributed by atoms with Crippen molar-refractivity contribution in [2.24, 2.45) is 0 Å². The predicted molar refractivity (Wildman–Crippen MR) is 54.5 cm³/mol. The molecule has 0 saturated carbocycles. The molecule has 0 bridgehead atoms. The largest absolute Gasteiger partial charge is 0.399 e. The molecule has 1 aromatic rings. The summed E-state index contributed by atoms with van der Waals surface area (Å²) >= 11 is 0. The Labute approximate surface area is 77.9 Å². The SMILES string of the molecule is CCC(=O)Nc1ccc(N)cc1C. The number of anilines is 2. The summed E-state index contributed by atoms with van der Waals surface area (Å²) in [5.41, 5.74) is 8.12. The average molecular weight is 178 g/mol. The maximum absolute atomic E-state index is 11.1. The Balaban J connectivity index is 2.83. The van der Waals surface area contributed by atoms with Gasteiger partial charge in [0.2, 0.25) is 5.91 Å². The minimum atomic E-state index is 0.0212. The lowest BCUT2D eigenvalue weighted by Crippen LogP contribution is -2.10. The zero-order chi connectivity index (χ0) is 9.84. The van der Waals surface area contributed by atoms with E-state index in [0.29, 0.717) is 12.1 Å². The van der Waals surface area contributed by atoms with Crippen molar-refractivity contribution in [2.45, 2.75) is 20.3 Å². The first-order valence-electron chi connectivity index (χ1n) is 4.29. The van der Waals surface area contributed by atoms with Gasteiger partial charge in [0.05, 0.1) is 0 Å². The van der Waals surface area contributed by atoms with E-state index < -0.39 is 0 Å². The number of carbonyl (C=O) groups is 1. The van der Waals surface area contributed by atoms with Crippen LogP contribution in [0.3, 0.4) is 0 Å². The number of nitrogen functional groups attached to an aromatic ring is 1. The van der Waals surface area contributed by atoms with Crippen molar-refractivity contribution in [1.29, 1.82) is 0 Å². The summed E-state index contributed by atoms with van der Waals surface area (Å²) in [6, 6.07) is 5.43. The first-order valence-corrected chi connectivity index (χ1v) is 4.29. The molecule has 3 nitrogen and oxygen atoms in total. The molecule has 0 fully saturated rings. The summed E-state index contributed by atoms with van der Waals surface area (Å²) in [4.78, 5) is 11.1. The summed E-state index contributed by atoms with van der Waals surface area (Å²) in [6.45, 7) is 3.74. The van der Waals surface area contributed by atoms with Gasteiger partial charge in [-0.15, -0.1) is 0 Å². The lowest BCUT2D eigenvalue weighted by Gasteiger charge is -2.07. The predicted octanol–water partition coefficient (Wildman–Crippen LogP) is 1.93. The molecule has 1 amide bonds. The monoisotopic (exact) mass is 178 g/mol. The maximum atomic E-state index is 11.1. The molecule has 1 aromatic carbocycles. The molecule has 0 aliphatic rings. The summed E-state index contributed by atoms with van der Waals surface area (Å²) < 4.78 is 0. The molecule has 0 atom stereocenters. The molecule has 0 radical (unpaired) electrons. The number of hydrogen-bond acceptors (Lipinski definition) is 2. The molecular formula is C10H14N2O. The van der Waals surface area contributed by atoms with E-state index in [1.54, 1.807) is 6.07 Å². The van der Waals surface area contributed by atoms with E-state index in [0.717, 1.165) is 11.3 Å². The number of hydrogen-bond donors (Lipinski definition) is 2. The molecule has 13 heavy (non-hydrogen) atoms. The van der Waals surface area contributed by atoms with E-state index in [-0.39, 0.29) is 5.91 Å². The molecule has 0 aliphatic carbocycles. The van der Waals surface area contributed by atoms with Gasteiger partial charge in [-0.3, -0.25) is 4.79 Å². The Hall–Kier alpha value is -1.51. The van der Waals surface area contributed by atoms with E-state index in [2.05, 4.69) is 5.32 Å². The van der Waals surface area contributed by atoms with Gasteiger partial charge >= 0.3 is 0 Å². The maximum Gasteiger partial charge on any atom is 0.224 e. The van der Waals surface area contributed by atoms with E-state index in [1.807, 2.05) is 26.0 Å². The number of nitrogens with one attached hydrogen (secondary N) is 1. The van der Waals surface area contributed by atoms with Crippen molar-refractivity contribution < 1.29 is 4.79 Å². The van der Waals surface area contributed by atoms with Crippen molar-refractivity contribution in [1.82, 2.24) is 0 Å². The third-order valence-electron chi connectivity index (χ3n) is 1.85. The second kappa shape index (κ2) is 3.94. The molecular weight excluding hydrogens is 164 g/mol. The quantitative estimate of drug-likeness (QED) is 0.680. The van der Waals surface area contributed by atoms with E-state index in [1.165, 1.54) is 0 Å². The molecule has 0 aromatic heterocycles. The van der Waals surface area contributed by atoms with Crippen molar-refractivity contribution in [3.05, 3.63) is 23.8 Å². The lowest BCUT2D eigenvalue weighted by molar-refractivity contribution is -0.115. The smallest absolute Gasteiger partial charge is 0.224 e. The molecule has 0 spiro atoms. The Morgan fingerprint density at radius 3 is 2.77 bits per heavy atom. The highest BCUT2D eigenvalue weighted by Gasteiger charge is 2.01. The minimum Gasteiger partial charge on any atom is -0.399 e. The second-order valence-electron chi connectivity index (χ2n) is 2.98. The fraction of sp³-hybridized carbons (Fsp3) is 0.300. The normalized spacial score (nSPS) is 9.69. The zero-order valence-corrected chi connectivity index (χ0v) is 7.92. The summed E-state index contributed by atoms with van der Waals surface area (Å²) in [7, 11) is 0. The fourth-order valence-corrected chi connectivity index (χ4v) is 1.07. The van der Waals surface area contributed by atoms with Crippen LogP contribution in [0.2, 0.25) is 0 Å². The summed E-state index contributed by atoms with van der Waals surface area (Å²) in [5, 5.41) is 2.79. The van der Waals surface area contributed by atoms with Gasteiger partial charge < -0.3 is 11.1 Å². The highest BCUT2D eigenvalue weighted by Crippen LogP contribution is 2.17. The van der Waals surface area contributed by atoms with Gasteiger partial charge in [-0.1, -0.05) is 6.92 Å². The number of aryl methyl sites for hydroxylation is 1. The van der Waals surface area contributed by atoms with Crippen LogP contribution in [-0.4, -0.2) is 5.91 Å². The van der Waals surface area contributed by atoms with Crippen molar-refractivity contribution in [3.8, 4) is 0 Å². The van der Waals surface area contributed by atoms with Crippen molar-refractivity contribution in [3.63, 3.8) is 0 Å². The van der Waals surface area contributed by atoms with E-state index in [9.17, 15) is 4.79 Å². The Morgan fingerprint density at radius 2 is 2.23 bits per heavy atom. The zero-order valence-electron chi connectivity index (χ0n) is 7.92. The van der Waals surface area contributed by atoms with Crippen LogP contribution in [0, 0.1) is 6.92 Å². The number of carbonyl (C=O) groups excluding carboxylic acids is 1. The van der Waals surface area contributed by atoms with Crippen LogP contribution in [0.15, 0.2) is 18.2 Å². The molecule has 0 aliphatic heterocycles. The van der Waals surface area contributed by atoms with Gasteiger partial charge in [-0.05, 0) is 30.7 Å². The molecule has 3 heteroatoms. The van der Waals surface area contributed by atoms with Gasteiger partial charge in [0, 0.05) is 17.8 Å². The van der Waals surface area contributed by atoms with Crippen LogP contribution in [0.4, 0.5) is 11.4 Å². The van der Waals surface area contributed by atoms with Crippen LogP contribution in [0.5, 0.6) is 0 Å². The van der Waals surface area contributed by atoms with Gasteiger partial charge in [0.1, 0.15) is 0 Å². The minimum absolute atomic E-state index is 0.0212. The molecule has 1 rings (SSSR count). The highest BCUT2D eigenvalue weighted by atomic mass is 16.1. The number of benzene rings is 1. The van der Waals surface area contributed by atoms with Gasteiger partial charge in [0.25, 0.3) is 0 Å². The van der Waals surface area contributed by atoms with Gasteiger partial charge in [-0.2, -0.15) is 0 Å². The van der Waals surface area contributed by atoms with Gasteiger partial charge in [0.15, 0.2) is 0 Å². The van der Waals surface area contributed by atoms with Crippen molar-refractivity contribution in [2.75, 3.05) is 11.1 Å². The molecule has 0 saturated heterocycles. The topological polar surface area (TPSA) is 55.1 Å². The van der Waals surface area contributed by atoms with E-state index >= 15 is 0 Å². The second-order valence-corrected chi connectivity index (χ2v) is 2.98. The van der Waals surface area contributed by atoms with Crippen LogP contribution < -0.4 is 11.1 Å². The Morgan fingerprint density at radius 1 is 1.54 bits per heavy atom. The summed E-state index contributed by atoms with van der Waals surface area (Å²) in [6.07, 6.45) is 0.490. The molecule has 70 valence electrons. The number of rotatable bonds is 2. The number of amides is 1. The molecule has 3 N–H and O–H groups in total. The molecule has 0 unspecified atom stereocenters. The Kier molecular flexibility index (Phi) is 2.90. The van der Waals surface area contributed by atoms with Crippen LogP contribution in [0.25, 0.3) is 0 Å². The third kappa shape index (κ3) is 2.47. The highest BCUT2D eigenvalue weighted by molar-refractivity contribution is 5.91. The van der Waals surface area contributed by atoms with Crippen LogP contribution in [-0.2, 0) is 4.79 Å². The Bertz CT molecular complexity index is 321. The first-order chi connectivity index (χ1) is 6.13. The summed E-state index contributed by atoms with van der Waals surface area (Å²) in [5.74, 6) is 0.0212. The van der Waals surface area contributed by atoms with Crippen molar-refractivity contribution >= 4 is 17.3 Å². The first kappa shape index (κ1) is 9.58. The fourth-order valence-electron chi connectivity index (χ4n) is 1.07. The van der Waals surface area contributed by atoms with Crippen LogP contribution in [0.1, 0.15) is 18.9 Å². The standard InChI is InChI=1S/C10H14N2O/c1-3-10(13)12-9-5-4-8(11)6-7(9)2/h4-6H,3,11H2,1-2H3,(H,12,13). The lowest BCUT2D eigenvalue weighted by atomic mass is 10.2. The number of nitrogens with two attached hydrogens (primary N) is 1. The average Bonchev–Trinajstić information content (AvgIpc) is 2.09. The van der Waals surface area contributed by atoms with E-state index in [4.69, 9.17) is 5.73 Å². The molecule has 0 heterocycles. The van der Waals surface area contributed by atoms with Gasteiger partial charge in [-0.25, -0.2) is 0 Å². The van der Waals surface area contributed by atoms with Crippen LogP contribution >= 0.6 is 0 Å².